The first-order chi connectivity index (χ1) is 16.7. The van der Waals surface area contributed by atoms with E-state index in [1.165, 1.54) is 23.1 Å². The number of benzene rings is 1. The SMILES string of the molecule is O=C1NCC[C@H]1CN(NC(=O)[C@@H]1[C@H]2CCC[C@H]2CN1C(=O)COc1cccc(F)c1)C(=O)[C@H](F)Cl. The number of hydrogen-bond acceptors (Lipinski definition) is 5. The molecule has 0 bridgehead atoms. The van der Waals surface area contributed by atoms with E-state index < -0.39 is 47.7 Å². The Morgan fingerprint density at radius 3 is 2.77 bits per heavy atom. The van der Waals surface area contributed by atoms with Gasteiger partial charge >= 0.3 is 0 Å². The van der Waals surface area contributed by atoms with Crippen molar-refractivity contribution >= 4 is 35.2 Å². The summed E-state index contributed by atoms with van der Waals surface area (Å²) in [6.07, 6.45) is 2.90. The maximum Gasteiger partial charge on any atom is 0.291 e. The van der Waals surface area contributed by atoms with Gasteiger partial charge in [0.25, 0.3) is 23.4 Å². The van der Waals surface area contributed by atoms with Gasteiger partial charge in [-0.2, -0.15) is 0 Å². The van der Waals surface area contributed by atoms with Gasteiger partial charge in [0.05, 0.1) is 12.5 Å². The fourth-order valence-corrected chi connectivity index (χ4v) is 5.35. The number of carbonyl (C=O) groups excluding carboxylic acids is 4. The Morgan fingerprint density at radius 1 is 1.29 bits per heavy atom. The fourth-order valence-electron chi connectivity index (χ4n) is 5.23. The number of halogens is 3. The number of likely N-dealkylation sites (tertiary alicyclic amines) is 1. The van der Waals surface area contributed by atoms with Crippen molar-refractivity contribution in [2.45, 2.75) is 37.4 Å². The van der Waals surface area contributed by atoms with Crippen molar-refractivity contribution in [3.05, 3.63) is 30.1 Å². The van der Waals surface area contributed by atoms with Crippen LogP contribution in [0.15, 0.2) is 24.3 Å². The lowest BCUT2D eigenvalue weighted by Gasteiger charge is -2.31. The van der Waals surface area contributed by atoms with Crippen LogP contribution < -0.4 is 15.5 Å². The van der Waals surface area contributed by atoms with Gasteiger partial charge in [0.2, 0.25) is 5.91 Å². The minimum Gasteiger partial charge on any atom is -0.484 e. The first-order valence-corrected chi connectivity index (χ1v) is 12.0. The van der Waals surface area contributed by atoms with Crippen molar-refractivity contribution < 1.29 is 32.7 Å². The highest BCUT2D eigenvalue weighted by molar-refractivity contribution is 6.29. The summed E-state index contributed by atoms with van der Waals surface area (Å²) in [5, 5.41) is 3.37. The summed E-state index contributed by atoms with van der Waals surface area (Å²) in [7, 11) is 0. The van der Waals surface area contributed by atoms with Gasteiger partial charge in [-0.25, -0.2) is 13.8 Å². The molecule has 0 radical (unpaired) electrons. The number of fused-ring (bicyclic) bond motifs is 1. The van der Waals surface area contributed by atoms with E-state index in [1.807, 2.05) is 0 Å². The van der Waals surface area contributed by atoms with Crippen LogP contribution in [0.2, 0.25) is 0 Å². The number of nitrogens with one attached hydrogen (secondary N) is 2. The third-order valence-electron chi connectivity index (χ3n) is 6.90. The molecule has 190 valence electrons. The molecule has 0 unspecified atom stereocenters. The first-order valence-electron chi connectivity index (χ1n) is 11.6. The Kier molecular flexibility index (Phi) is 7.73. The molecule has 3 fully saturated rings. The normalized spacial score (nSPS) is 26.1. The number of hydrogen-bond donors (Lipinski definition) is 2. The predicted octanol–water partition coefficient (Wildman–Crippen LogP) is 1.36. The number of carbonyl (C=O) groups is 4. The quantitative estimate of drug-likeness (QED) is 0.424. The van der Waals surface area contributed by atoms with Crippen molar-refractivity contribution in [3.63, 3.8) is 0 Å². The molecule has 1 aromatic carbocycles. The Balaban J connectivity index is 1.47. The first kappa shape index (κ1) is 25.2. The summed E-state index contributed by atoms with van der Waals surface area (Å²) in [4.78, 5) is 52.1. The molecule has 2 saturated heterocycles. The molecule has 9 nitrogen and oxygen atoms in total. The standard InChI is InChI=1S/C23H27ClF2N4O5/c24-20(26)23(34)30(11-14-7-8-27-21(14)32)28-22(33)19-17-6-1-3-13(17)10-29(19)18(31)12-35-16-5-2-4-15(25)9-16/h2,4-5,9,13-14,17,19-20H,1,3,6-8,10-12H2,(H,27,32)(H,28,33)/t13-,14-,17-,19-,20-/m0/s1. The van der Waals surface area contributed by atoms with Gasteiger partial charge in [0.1, 0.15) is 17.6 Å². The van der Waals surface area contributed by atoms with E-state index in [1.54, 1.807) is 0 Å². The lowest BCUT2D eigenvalue weighted by Crippen LogP contribution is -2.57. The van der Waals surface area contributed by atoms with Gasteiger partial charge in [0.15, 0.2) is 6.61 Å². The fraction of sp³-hybridized carbons (Fsp3) is 0.565. The summed E-state index contributed by atoms with van der Waals surface area (Å²) in [6.45, 7) is 0.125. The lowest BCUT2D eigenvalue weighted by molar-refractivity contribution is -0.149. The largest absolute Gasteiger partial charge is 0.484 e. The zero-order chi connectivity index (χ0) is 25.1. The molecule has 1 aliphatic carbocycles. The molecule has 2 N–H and O–H groups in total. The van der Waals surface area contributed by atoms with Gasteiger partial charge in [-0.1, -0.05) is 24.1 Å². The number of amides is 4. The summed E-state index contributed by atoms with van der Waals surface area (Å²) in [6, 6.07) is 4.48. The third kappa shape index (κ3) is 5.66. The van der Waals surface area contributed by atoms with E-state index in [9.17, 15) is 28.0 Å². The molecule has 5 atom stereocenters. The van der Waals surface area contributed by atoms with E-state index in [2.05, 4.69) is 10.7 Å². The molecule has 35 heavy (non-hydrogen) atoms. The summed E-state index contributed by atoms with van der Waals surface area (Å²) >= 11 is 5.35. The molecule has 1 aromatic rings. The predicted molar refractivity (Wildman–Crippen MR) is 120 cm³/mol. The third-order valence-corrected chi connectivity index (χ3v) is 7.09. The topological polar surface area (TPSA) is 108 Å². The molecule has 12 heteroatoms. The lowest BCUT2D eigenvalue weighted by atomic mass is 9.93. The van der Waals surface area contributed by atoms with Gasteiger partial charge in [-0.05, 0) is 43.2 Å². The van der Waals surface area contributed by atoms with Crippen LogP contribution in [0, 0.1) is 23.6 Å². The van der Waals surface area contributed by atoms with Crippen LogP contribution >= 0.6 is 11.6 Å². The molecular weight excluding hydrogens is 486 g/mol. The van der Waals surface area contributed by atoms with Crippen LogP contribution in [0.5, 0.6) is 5.75 Å². The van der Waals surface area contributed by atoms with E-state index in [-0.39, 0.29) is 30.0 Å². The van der Waals surface area contributed by atoms with Crippen molar-refractivity contribution in [2.75, 3.05) is 26.2 Å². The molecule has 4 rings (SSSR count). The van der Waals surface area contributed by atoms with Gasteiger partial charge in [-0.15, -0.1) is 0 Å². The summed E-state index contributed by atoms with van der Waals surface area (Å²) < 4.78 is 32.5. The minimum absolute atomic E-state index is 0.107. The van der Waals surface area contributed by atoms with Crippen molar-refractivity contribution in [3.8, 4) is 5.75 Å². The Labute approximate surface area is 206 Å². The van der Waals surface area contributed by atoms with E-state index >= 15 is 0 Å². The summed E-state index contributed by atoms with van der Waals surface area (Å²) in [5.74, 6) is -3.56. The average Bonchev–Trinajstić information content (AvgIpc) is 3.52. The molecule has 1 saturated carbocycles. The second-order valence-electron chi connectivity index (χ2n) is 9.09. The molecular formula is C23H27ClF2N4O5. The molecule has 0 spiro atoms. The summed E-state index contributed by atoms with van der Waals surface area (Å²) in [5.41, 5.74) is 0.0196. The molecule has 0 aromatic heterocycles. The number of rotatable bonds is 7. The average molecular weight is 513 g/mol. The van der Waals surface area contributed by atoms with E-state index in [0.29, 0.717) is 19.5 Å². The van der Waals surface area contributed by atoms with Gasteiger partial charge in [-0.3, -0.25) is 24.6 Å². The highest BCUT2D eigenvalue weighted by Gasteiger charge is 2.50. The number of nitrogens with zero attached hydrogens (tertiary/aromatic N) is 2. The minimum atomic E-state index is -2.40. The Hall–Kier alpha value is -2.95. The second kappa shape index (κ2) is 10.8. The monoisotopic (exact) mass is 512 g/mol. The maximum atomic E-state index is 13.7. The molecule has 4 amide bonds. The van der Waals surface area contributed by atoms with Crippen molar-refractivity contribution in [1.29, 1.82) is 0 Å². The highest BCUT2D eigenvalue weighted by atomic mass is 35.5. The molecule has 2 aliphatic heterocycles. The zero-order valence-electron chi connectivity index (χ0n) is 18.9. The Morgan fingerprint density at radius 2 is 2.09 bits per heavy atom. The number of alkyl halides is 2. The van der Waals surface area contributed by atoms with E-state index in [4.69, 9.17) is 16.3 Å². The smallest absolute Gasteiger partial charge is 0.291 e. The highest BCUT2D eigenvalue weighted by Crippen LogP contribution is 2.42. The van der Waals surface area contributed by atoms with E-state index in [0.717, 1.165) is 30.3 Å². The second-order valence-corrected chi connectivity index (χ2v) is 9.48. The molecule has 2 heterocycles. The zero-order valence-corrected chi connectivity index (χ0v) is 19.7. The van der Waals surface area contributed by atoms with Crippen LogP contribution in [-0.4, -0.2) is 71.5 Å². The maximum absolute atomic E-state index is 13.7. The van der Waals surface area contributed by atoms with Crippen molar-refractivity contribution in [1.82, 2.24) is 20.7 Å². The number of hydrazine groups is 1. The van der Waals surface area contributed by atoms with Crippen LogP contribution in [0.3, 0.4) is 0 Å². The Bertz CT molecular complexity index is 996. The van der Waals surface area contributed by atoms with Crippen LogP contribution in [-0.2, 0) is 19.2 Å². The van der Waals surface area contributed by atoms with Gasteiger partial charge in [0, 0.05) is 19.2 Å². The van der Waals surface area contributed by atoms with Crippen LogP contribution in [0.1, 0.15) is 25.7 Å². The molecule has 3 aliphatic rings. The van der Waals surface area contributed by atoms with Crippen LogP contribution in [0.4, 0.5) is 8.78 Å². The van der Waals surface area contributed by atoms with Crippen LogP contribution in [0.25, 0.3) is 0 Å². The number of ether oxygens (including phenoxy) is 1. The van der Waals surface area contributed by atoms with Crippen molar-refractivity contribution in [2.24, 2.45) is 17.8 Å². The van der Waals surface area contributed by atoms with Gasteiger partial charge < -0.3 is 15.0 Å².